The SMILES string of the molecule is CC(C)(CCCCOCCCCC(C)(C)COP(C)(=O)O)CCCCOP(=O)(O)O. The van der Waals surface area contributed by atoms with E-state index in [9.17, 15) is 14.0 Å². The molecule has 10 heteroatoms. The zero-order chi connectivity index (χ0) is 23.3. The van der Waals surface area contributed by atoms with Crippen molar-refractivity contribution < 1.29 is 37.6 Å². The molecule has 0 aliphatic rings. The molecule has 0 saturated carbocycles. The van der Waals surface area contributed by atoms with Gasteiger partial charge in [-0.15, -0.1) is 0 Å². The lowest BCUT2D eigenvalue weighted by Crippen LogP contribution is -2.18. The van der Waals surface area contributed by atoms with E-state index in [1.165, 1.54) is 6.66 Å². The van der Waals surface area contributed by atoms with Crippen LogP contribution in [0.25, 0.3) is 0 Å². The first-order chi connectivity index (χ1) is 13.6. The van der Waals surface area contributed by atoms with Crippen LogP contribution in [-0.4, -0.2) is 47.8 Å². The first-order valence-corrected chi connectivity index (χ1v) is 14.4. The highest BCUT2D eigenvalue weighted by molar-refractivity contribution is 7.51. The maximum atomic E-state index is 11.2. The fourth-order valence-corrected chi connectivity index (χ4v) is 4.05. The quantitative estimate of drug-likeness (QED) is 0.165. The average Bonchev–Trinajstić information content (AvgIpc) is 2.56. The Morgan fingerprint density at radius 2 is 1.10 bits per heavy atom. The van der Waals surface area contributed by atoms with E-state index in [0.29, 0.717) is 6.42 Å². The van der Waals surface area contributed by atoms with E-state index in [-0.39, 0.29) is 24.0 Å². The third-order valence-corrected chi connectivity index (χ3v) is 6.11. The lowest BCUT2D eigenvalue weighted by molar-refractivity contribution is 0.113. The Morgan fingerprint density at radius 1 is 0.667 bits per heavy atom. The molecule has 0 bridgehead atoms. The van der Waals surface area contributed by atoms with Gasteiger partial charge in [0.1, 0.15) is 0 Å². The minimum absolute atomic E-state index is 0.0965. The molecule has 0 aromatic rings. The van der Waals surface area contributed by atoms with E-state index < -0.39 is 15.4 Å². The molecule has 0 aliphatic heterocycles. The van der Waals surface area contributed by atoms with Gasteiger partial charge in [-0.1, -0.05) is 47.0 Å². The molecular weight excluding hydrogens is 430 g/mol. The highest BCUT2D eigenvalue weighted by Gasteiger charge is 2.22. The van der Waals surface area contributed by atoms with Crippen molar-refractivity contribution in [2.24, 2.45) is 10.8 Å². The lowest BCUT2D eigenvalue weighted by atomic mass is 9.82. The van der Waals surface area contributed by atoms with Crippen molar-refractivity contribution in [2.75, 3.05) is 33.1 Å². The molecule has 30 heavy (non-hydrogen) atoms. The Hall–Kier alpha value is 0.220. The van der Waals surface area contributed by atoms with E-state index in [4.69, 9.17) is 19.0 Å². The van der Waals surface area contributed by atoms with E-state index in [1.807, 2.05) is 13.8 Å². The zero-order valence-corrected chi connectivity index (χ0v) is 21.3. The maximum Gasteiger partial charge on any atom is 0.469 e. The van der Waals surface area contributed by atoms with Gasteiger partial charge in [0.25, 0.3) is 0 Å². The third-order valence-electron chi connectivity index (χ3n) is 4.99. The summed E-state index contributed by atoms with van der Waals surface area (Å²) in [5.41, 5.74) is 0.0781. The number of rotatable bonds is 19. The number of ether oxygens (including phenoxy) is 1. The van der Waals surface area contributed by atoms with Gasteiger partial charge in [0.05, 0.1) is 13.2 Å². The van der Waals surface area contributed by atoms with E-state index in [1.54, 1.807) is 0 Å². The van der Waals surface area contributed by atoms with Gasteiger partial charge in [-0.3, -0.25) is 9.09 Å². The molecule has 1 atom stereocenters. The minimum Gasteiger partial charge on any atom is -0.381 e. The number of unbranched alkanes of at least 4 members (excludes halogenated alkanes) is 3. The molecular formula is C20H44O8P2. The van der Waals surface area contributed by atoms with Gasteiger partial charge in [-0.2, -0.15) is 0 Å². The number of hydrogen-bond donors (Lipinski definition) is 3. The summed E-state index contributed by atoms with van der Waals surface area (Å²) in [6.07, 6.45) is 8.63. The molecule has 0 radical (unpaired) electrons. The van der Waals surface area contributed by atoms with Crippen LogP contribution in [0, 0.1) is 10.8 Å². The Balaban J connectivity index is 3.63. The zero-order valence-electron chi connectivity index (χ0n) is 19.5. The summed E-state index contributed by atoms with van der Waals surface area (Å²) in [5.74, 6) is 0. The summed E-state index contributed by atoms with van der Waals surface area (Å²) in [4.78, 5) is 26.5. The third kappa shape index (κ3) is 21.5. The number of phosphoric ester groups is 1. The minimum atomic E-state index is -4.34. The molecule has 0 aromatic heterocycles. The molecule has 0 rings (SSSR count). The first kappa shape index (κ1) is 30.2. The molecule has 0 amide bonds. The molecule has 0 spiro atoms. The predicted octanol–water partition coefficient (Wildman–Crippen LogP) is 5.51. The van der Waals surface area contributed by atoms with Crippen LogP contribution in [0.2, 0.25) is 0 Å². The highest BCUT2D eigenvalue weighted by atomic mass is 31.2. The van der Waals surface area contributed by atoms with Crippen molar-refractivity contribution in [1.82, 2.24) is 0 Å². The maximum absolute atomic E-state index is 11.2. The summed E-state index contributed by atoms with van der Waals surface area (Å²) in [5, 5.41) is 0. The van der Waals surface area contributed by atoms with Crippen LogP contribution in [-0.2, 0) is 22.9 Å². The van der Waals surface area contributed by atoms with Crippen LogP contribution >= 0.6 is 15.4 Å². The van der Waals surface area contributed by atoms with Gasteiger partial charge in [0.2, 0.25) is 0 Å². The Kier molecular flexibility index (Phi) is 14.5. The normalized spacial score (nSPS) is 15.3. The van der Waals surface area contributed by atoms with Crippen LogP contribution in [0.15, 0.2) is 0 Å². The van der Waals surface area contributed by atoms with Crippen LogP contribution in [0.3, 0.4) is 0 Å². The predicted molar refractivity (Wildman–Crippen MR) is 120 cm³/mol. The van der Waals surface area contributed by atoms with Crippen LogP contribution < -0.4 is 0 Å². The second-order valence-corrected chi connectivity index (χ2v) is 12.8. The summed E-state index contributed by atoms with van der Waals surface area (Å²) in [6, 6.07) is 0. The summed E-state index contributed by atoms with van der Waals surface area (Å²) in [6.45, 7) is 11.6. The molecule has 3 N–H and O–H groups in total. The van der Waals surface area contributed by atoms with Gasteiger partial charge >= 0.3 is 15.4 Å². The van der Waals surface area contributed by atoms with Crippen molar-refractivity contribution in [1.29, 1.82) is 0 Å². The van der Waals surface area contributed by atoms with Crippen LogP contribution in [0.4, 0.5) is 0 Å². The first-order valence-electron chi connectivity index (χ1n) is 10.8. The van der Waals surface area contributed by atoms with Crippen molar-refractivity contribution in [3.05, 3.63) is 0 Å². The van der Waals surface area contributed by atoms with Crippen molar-refractivity contribution in [2.45, 2.75) is 85.5 Å². The molecule has 182 valence electrons. The second-order valence-electron chi connectivity index (χ2n) is 9.71. The topological polar surface area (TPSA) is 123 Å². The van der Waals surface area contributed by atoms with Gasteiger partial charge in [0.15, 0.2) is 0 Å². The summed E-state index contributed by atoms with van der Waals surface area (Å²) < 4.78 is 37.1. The molecule has 0 aliphatic carbocycles. The van der Waals surface area contributed by atoms with Crippen LogP contribution in [0.1, 0.15) is 85.5 Å². The molecule has 8 nitrogen and oxygen atoms in total. The monoisotopic (exact) mass is 474 g/mol. The second kappa shape index (κ2) is 14.4. The molecule has 0 heterocycles. The molecule has 1 unspecified atom stereocenters. The Morgan fingerprint density at radius 3 is 1.53 bits per heavy atom. The van der Waals surface area contributed by atoms with Crippen molar-refractivity contribution in [3.8, 4) is 0 Å². The fraction of sp³-hybridized carbons (Fsp3) is 1.00. The van der Waals surface area contributed by atoms with Gasteiger partial charge in [0, 0.05) is 19.9 Å². The number of hydrogen-bond acceptors (Lipinski definition) is 5. The van der Waals surface area contributed by atoms with Gasteiger partial charge in [-0.25, -0.2) is 4.57 Å². The standard InChI is InChI=1S/C20H44O8P2/c1-19(2,13-8-11-17-27-30(23,24)25)12-6-9-15-26-16-10-7-14-20(3,4)18-28-29(5,21)22/h6-18H2,1-5H3,(H,21,22)(H2,23,24,25). The largest absolute Gasteiger partial charge is 0.469 e. The van der Waals surface area contributed by atoms with Crippen LogP contribution in [0.5, 0.6) is 0 Å². The Labute approximate surface area is 182 Å². The van der Waals surface area contributed by atoms with Crippen molar-refractivity contribution in [3.63, 3.8) is 0 Å². The Bertz CT molecular complexity index is 539. The summed E-state index contributed by atoms with van der Waals surface area (Å²) in [7, 11) is -7.75. The van der Waals surface area contributed by atoms with E-state index >= 15 is 0 Å². The van der Waals surface area contributed by atoms with Gasteiger partial charge in [-0.05, 0) is 49.4 Å². The van der Waals surface area contributed by atoms with E-state index in [2.05, 4.69) is 18.4 Å². The van der Waals surface area contributed by atoms with E-state index in [0.717, 1.165) is 64.6 Å². The molecule has 0 saturated heterocycles. The van der Waals surface area contributed by atoms with Gasteiger partial charge < -0.3 is 23.9 Å². The molecule has 0 fully saturated rings. The molecule has 0 aromatic carbocycles. The summed E-state index contributed by atoms with van der Waals surface area (Å²) >= 11 is 0. The lowest BCUT2D eigenvalue weighted by Gasteiger charge is -2.25. The smallest absolute Gasteiger partial charge is 0.381 e. The number of phosphoric acid groups is 1. The fourth-order valence-electron chi connectivity index (χ4n) is 3.10. The average molecular weight is 475 g/mol. The highest BCUT2D eigenvalue weighted by Crippen LogP contribution is 2.39. The van der Waals surface area contributed by atoms with Crippen molar-refractivity contribution >= 4 is 15.4 Å².